The molecule has 8 heteroatoms. The van der Waals surface area contributed by atoms with Gasteiger partial charge in [-0.3, -0.25) is 0 Å². The van der Waals surface area contributed by atoms with E-state index in [4.69, 9.17) is 0 Å². The third-order valence-electron chi connectivity index (χ3n) is 3.03. The fraction of sp³-hybridized carbons (Fsp3) is 0.538. The number of halogens is 7. The largest absolute Gasteiger partial charge is 0.402 e. The van der Waals surface area contributed by atoms with E-state index in [-0.39, 0.29) is 17.7 Å². The fourth-order valence-corrected chi connectivity index (χ4v) is 2.18. The van der Waals surface area contributed by atoms with Crippen LogP contribution in [0.1, 0.15) is 24.1 Å². The number of aryl methyl sites for hydroxylation is 1. The van der Waals surface area contributed by atoms with Crippen molar-refractivity contribution in [3.63, 3.8) is 0 Å². The standard InChI is InChI=1S/C13H14F7N/c1-3-21-10(9-5-4-8(14)6-7(9)2)11(12(15,16)17)13(18,19)20/h4-6,10-11,21H,3H2,1-2H3. The maximum atomic E-state index is 13.0. The average molecular weight is 317 g/mol. The van der Waals surface area contributed by atoms with Crippen LogP contribution in [-0.2, 0) is 0 Å². The Kier molecular flexibility index (Phi) is 5.25. The summed E-state index contributed by atoms with van der Waals surface area (Å²) < 4.78 is 90.1. The first-order valence-electron chi connectivity index (χ1n) is 6.11. The molecule has 0 aromatic heterocycles. The van der Waals surface area contributed by atoms with Gasteiger partial charge < -0.3 is 5.32 Å². The van der Waals surface area contributed by atoms with E-state index in [1.807, 2.05) is 0 Å². The van der Waals surface area contributed by atoms with E-state index in [0.29, 0.717) is 0 Å². The van der Waals surface area contributed by atoms with E-state index in [0.717, 1.165) is 18.2 Å². The van der Waals surface area contributed by atoms with Crippen LogP contribution in [0.25, 0.3) is 0 Å². The Morgan fingerprint density at radius 2 is 1.57 bits per heavy atom. The second-order valence-corrected chi connectivity index (χ2v) is 4.60. The highest BCUT2D eigenvalue weighted by atomic mass is 19.4. The Hall–Kier alpha value is -1.31. The van der Waals surface area contributed by atoms with E-state index >= 15 is 0 Å². The zero-order chi connectivity index (χ0) is 16.4. The van der Waals surface area contributed by atoms with Crippen LogP contribution in [0.4, 0.5) is 30.7 Å². The van der Waals surface area contributed by atoms with E-state index in [1.165, 1.54) is 13.8 Å². The van der Waals surface area contributed by atoms with Gasteiger partial charge in [-0.15, -0.1) is 0 Å². The molecule has 0 saturated carbocycles. The Labute approximate surface area is 117 Å². The quantitative estimate of drug-likeness (QED) is 0.805. The van der Waals surface area contributed by atoms with Crippen LogP contribution >= 0.6 is 0 Å². The Morgan fingerprint density at radius 1 is 1.05 bits per heavy atom. The van der Waals surface area contributed by atoms with Gasteiger partial charge in [-0.25, -0.2) is 4.39 Å². The molecule has 120 valence electrons. The predicted octanol–water partition coefficient (Wildman–Crippen LogP) is 4.53. The van der Waals surface area contributed by atoms with Crippen molar-refractivity contribution < 1.29 is 30.7 Å². The summed E-state index contributed by atoms with van der Waals surface area (Å²) in [6.45, 7) is 2.58. The maximum absolute atomic E-state index is 13.0. The molecule has 0 amide bonds. The molecule has 0 spiro atoms. The van der Waals surface area contributed by atoms with Gasteiger partial charge in [0.1, 0.15) is 5.82 Å². The third kappa shape index (κ3) is 4.33. The molecule has 0 aliphatic rings. The molecular weight excluding hydrogens is 303 g/mol. The van der Waals surface area contributed by atoms with Crippen LogP contribution in [0.2, 0.25) is 0 Å². The van der Waals surface area contributed by atoms with E-state index in [9.17, 15) is 30.7 Å². The molecule has 1 atom stereocenters. The first-order chi connectivity index (χ1) is 9.48. The normalized spacial score (nSPS) is 14.6. The first kappa shape index (κ1) is 17.7. The highest BCUT2D eigenvalue weighted by Crippen LogP contribution is 2.46. The van der Waals surface area contributed by atoms with Gasteiger partial charge in [0, 0.05) is 0 Å². The van der Waals surface area contributed by atoms with Gasteiger partial charge in [0.15, 0.2) is 5.92 Å². The van der Waals surface area contributed by atoms with Gasteiger partial charge in [-0.2, -0.15) is 26.3 Å². The molecule has 0 bridgehead atoms. The molecule has 1 N–H and O–H groups in total. The molecule has 1 unspecified atom stereocenters. The summed E-state index contributed by atoms with van der Waals surface area (Å²) in [5, 5.41) is 2.21. The summed E-state index contributed by atoms with van der Waals surface area (Å²) in [5.74, 6) is -4.28. The lowest BCUT2D eigenvalue weighted by Crippen LogP contribution is -2.46. The zero-order valence-corrected chi connectivity index (χ0v) is 11.2. The summed E-state index contributed by atoms with van der Waals surface area (Å²) in [5.41, 5.74) is -0.197. The fourth-order valence-electron chi connectivity index (χ4n) is 2.18. The molecule has 1 aromatic rings. The minimum absolute atomic E-state index is 0.0273. The van der Waals surface area contributed by atoms with Crippen molar-refractivity contribution in [2.24, 2.45) is 5.92 Å². The Balaban J connectivity index is 3.38. The predicted molar refractivity (Wildman–Crippen MR) is 63.2 cm³/mol. The smallest absolute Gasteiger partial charge is 0.309 e. The monoisotopic (exact) mass is 317 g/mol. The molecular formula is C13H14F7N. The molecule has 0 aliphatic carbocycles. The number of rotatable bonds is 4. The van der Waals surface area contributed by atoms with Crippen LogP contribution in [0.3, 0.4) is 0 Å². The highest BCUT2D eigenvalue weighted by Gasteiger charge is 2.60. The Bertz CT molecular complexity index is 464. The van der Waals surface area contributed by atoms with Gasteiger partial charge in [0.2, 0.25) is 0 Å². The molecule has 21 heavy (non-hydrogen) atoms. The molecule has 1 rings (SSSR count). The molecule has 0 radical (unpaired) electrons. The van der Waals surface area contributed by atoms with Crippen LogP contribution in [0, 0.1) is 18.7 Å². The molecule has 0 heterocycles. The van der Waals surface area contributed by atoms with Crippen molar-refractivity contribution in [3.05, 3.63) is 35.1 Å². The SMILES string of the molecule is CCNC(c1ccc(F)cc1C)C(C(F)(F)F)C(F)(F)F. The highest BCUT2D eigenvalue weighted by molar-refractivity contribution is 5.30. The number of nitrogens with one attached hydrogen (secondary N) is 1. The number of hydrogen-bond acceptors (Lipinski definition) is 1. The van der Waals surface area contributed by atoms with Gasteiger partial charge in [-0.05, 0) is 36.7 Å². The van der Waals surface area contributed by atoms with Crippen molar-refractivity contribution >= 4 is 0 Å². The zero-order valence-electron chi connectivity index (χ0n) is 11.2. The van der Waals surface area contributed by atoms with E-state index < -0.39 is 30.1 Å². The Morgan fingerprint density at radius 3 is 1.95 bits per heavy atom. The van der Waals surface area contributed by atoms with Gasteiger partial charge in [-0.1, -0.05) is 13.0 Å². The first-order valence-corrected chi connectivity index (χ1v) is 6.11. The summed E-state index contributed by atoms with van der Waals surface area (Å²) in [6.07, 6.45) is -10.9. The number of benzene rings is 1. The minimum Gasteiger partial charge on any atom is -0.309 e. The van der Waals surface area contributed by atoms with Crippen molar-refractivity contribution in [1.82, 2.24) is 5.32 Å². The summed E-state index contributed by atoms with van der Waals surface area (Å²) >= 11 is 0. The molecule has 1 nitrogen and oxygen atoms in total. The lowest BCUT2D eigenvalue weighted by Gasteiger charge is -2.32. The maximum Gasteiger partial charge on any atom is 0.402 e. The van der Waals surface area contributed by atoms with Crippen molar-refractivity contribution in [1.29, 1.82) is 0 Å². The second-order valence-electron chi connectivity index (χ2n) is 4.60. The minimum atomic E-state index is -5.47. The van der Waals surface area contributed by atoms with E-state index in [2.05, 4.69) is 5.32 Å². The van der Waals surface area contributed by atoms with Gasteiger partial charge >= 0.3 is 12.4 Å². The van der Waals surface area contributed by atoms with Gasteiger partial charge in [0.05, 0.1) is 6.04 Å². The third-order valence-corrected chi connectivity index (χ3v) is 3.03. The van der Waals surface area contributed by atoms with Crippen LogP contribution in [0.15, 0.2) is 18.2 Å². The van der Waals surface area contributed by atoms with Gasteiger partial charge in [0.25, 0.3) is 0 Å². The number of hydrogen-bond donors (Lipinski definition) is 1. The summed E-state index contributed by atoms with van der Waals surface area (Å²) in [7, 11) is 0. The summed E-state index contributed by atoms with van der Waals surface area (Å²) in [6, 6.07) is 0.679. The molecule has 0 aliphatic heterocycles. The second kappa shape index (κ2) is 6.21. The van der Waals surface area contributed by atoms with Crippen LogP contribution in [0.5, 0.6) is 0 Å². The van der Waals surface area contributed by atoms with Crippen LogP contribution < -0.4 is 5.32 Å². The molecule has 1 aromatic carbocycles. The number of alkyl halides is 6. The van der Waals surface area contributed by atoms with E-state index in [1.54, 1.807) is 0 Å². The van der Waals surface area contributed by atoms with Crippen molar-refractivity contribution in [2.75, 3.05) is 6.54 Å². The lowest BCUT2D eigenvalue weighted by molar-refractivity contribution is -0.292. The van der Waals surface area contributed by atoms with Crippen LogP contribution in [-0.4, -0.2) is 18.9 Å². The summed E-state index contributed by atoms with van der Waals surface area (Å²) in [4.78, 5) is 0. The average Bonchev–Trinajstić information content (AvgIpc) is 2.24. The topological polar surface area (TPSA) is 12.0 Å². The lowest BCUT2D eigenvalue weighted by atomic mass is 9.89. The molecule has 0 fully saturated rings. The van der Waals surface area contributed by atoms with Crippen molar-refractivity contribution in [2.45, 2.75) is 32.2 Å². The molecule has 0 saturated heterocycles. The van der Waals surface area contributed by atoms with Crippen molar-refractivity contribution in [3.8, 4) is 0 Å².